The van der Waals surface area contributed by atoms with E-state index >= 15 is 0 Å². The van der Waals surface area contributed by atoms with Gasteiger partial charge in [0.2, 0.25) is 0 Å². The third-order valence-electron chi connectivity index (χ3n) is 3.54. The van der Waals surface area contributed by atoms with Crippen LogP contribution in [0.15, 0.2) is 24.3 Å². The average Bonchev–Trinajstić information content (AvgIpc) is 2.41. The number of carbonyl (C=O) groups is 1. The zero-order valence-corrected chi connectivity index (χ0v) is 10.9. The fourth-order valence-corrected chi connectivity index (χ4v) is 2.59. The normalized spacial score (nSPS) is 19.8. The molecular weight excluding hydrogens is 240 g/mol. The summed E-state index contributed by atoms with van der Waals surface area (Å²) in [7, 11) is 0. The summed E-state index contributed by atoms with van der Waals surface area (Å²) >= 11 is 0. The molecule has 19 heavy (non-hydrogen) atoms. The summed E-state index contributed by atoms with van der Waals surface area (Å²) in [5.74, 6) is -0.693. The first-order valence-corrected chi connectivity index (χ1v) is 6.59. The van der Waals surface area contributed by atoms with Crippen molar-refractivity contribution >= 4 is 5.97 Å². The summed E-state index contributed by atoms with van der Waals surface area (Å²) in [4.78, 5) is 13.1. The van der Waals surface area contributed by atoms with Crippen LogP contribution in [0.3, 0.4) is 0 Å². The zero-order valence-electron chi connectivity index (χ0n) is 10.9. The van der Waals surface area contributed by atoms with Gasteiger partial charge >= 0.3 is 5.97 Å². The van der Waals surface area contributed by atoms with Crippen LogP contribution in [0.4, 0.5) is 0 Å². The maximum absolute atomic E-state index is 10.9. The van der Waals surface area contributed by atoms with Gasteiger partial charge in [0.15, 0.2) is 0 Å². The highest BCUT2D eigenvalue weighted by atomic mass is 16.4. The lowest BCUT2D eigenvalue weighted by atomic mass is 9.98. The van der Waals surface area contributed by atoms with Crippen molar-refractivity contribution in [2.45, 2.75) is 25.8 Å². The Balaban J connectivity index is 2.06. The first kappa shape index (κ1) is 13.6. The standard InChI is InChI=1S/C15H18N2O2/c16-9-12-4-3-7-17(10-12)11-14-6-2-1-5-13(14)8-15(18)19/h1-2,5-6,12H,3-4,7-8,10-11H2,(H,18,19). The molecule has 100 valence electrons. The minimum atomic E-state index is -0.805. The van der Waals surface area contributed by atoms with Crippen molar-refractivity contribution in [2.75, 3.05) is 13.1 Å². The minimum absolute atomic E-state index is 0.0612. The van der Waals surface area contributed by atoms with Gasteiger partial charge in [-0.1, -0.05) is 24.3 Å². The maximum atomic E-state index is 10.9. The molecule has 1 aromatic carbocycles. The molecule has 1 aliphatic heterocycles. The van der Waals surface area contributed by atoms with E-state index in [0.717, 1.165) is 43.6 Å². The Kier molecular flexibility index (Phi) is 4.53. The van der Waals surface area contributed by atoms with Crippen LogP contribution in [-0.4, -0.2) is 29.1 Å². The lowest BCUT2D eigenvalue weighted by Gasteiger charge is -2.30. The van der Waals surface area contributed by atoms with Crippen molar-refractivity contribution in [2.24, 2.45) is 5.92 Å². The summed E-state index contributed by atoms with van der Waals surface area (Å²) < 4.78 is 0. The monoisotopic (exact) mass is 258 g/mol. The van der Waals surface area contributed by atoms with E-state index in [2.05, 4.69) is 11.0 Å². The number of nitriles is 1. The Morgan fingerprint density at radius 1 is 1.42 bits per heavy atom. The van der Waals surface area contributed by atoms with E-state index in [9.17, 15) is 4.79 Å². The molecule has 4 nitrogen and oxygen atoms in total. The molecule has 1 heterocycles. The number of hydrogen-bond donors (Lipinski definition) is 1. The summed E-state index contributed by atoms with van der Waals surface area (Å²) in [6.45, 7) is 2.51. The van der Waals surface area contributed by atoms with Gasteiger partial charge in [-0.25, -0.2) is 0 Å². The first-order valence-electron chi connectivity index (χ1n) is 6.59. The van der Waals surface area contributed by atoms with Crippen LogP contribution in [-0.2, 0) is 17.8 Å². The summed E-state index contributed by atoms with van der Waals surface area (Å²) in [5, 5.41) is 17.9. The number of benzene rings is 1. The van der Waals surface area contributed by atoms with Crippen LogP contribution in [0.2, 0.25) is 0 Å². The second kappa shape index (κ2) is 6.35. The first-order chi connectivity index (χ1) is 9.19. The molecule has 0 bridgehead atoms. The Hall–Kier alpha value is -1.86. The second-order valence-electron chi connectivity index (χ2n) is 5.04. The average molecular weight is 258 g/mol. The van der Waals surface area contributed by atoms with Crippen molar-refractivity contribution in [3.8, 4) is 6.07 Å². The fraction of sp³-hybridized carbons (Fsp3) is 0.467. The lowest BCUT2D eigenvalue weighted by Crippen LogP contribution is -2.34. The van der Waals surface area contributed by atoms with Gasteiger partial charge in [0, 0.05) is 13.1 Å². The molecule has 1 saturated heterocycles. The van der Waals surface area contributed by atoms with Gasteiger partial charge in [-0.3, -0.25) is 9.69 Å². The molecule has 0 saturated carbocycles. The molecule has 1 unspecified atom stereocenters. The van der Waals surface area contributed by atoms with Crippen molar-refractivity contribution in [3.63, 3.8) is 0 Å². The number of likely N-dealkylation sites (tertiary alicyclic amines) is 1. The van der Waals surface area contributed by atoms with Gasteiger partial charge in [0.1, 0.15) is 0 Å². The Morgan fingerprint density at radius 3 is 2.84 bits per heavy atom. The summed E-state index contributed by atoms with van der Waals surface area (Å²) in [5.41, 5.74) is 1.93. The summed E-state index contributed by atoms with van der Waals surface area (Å²) in [6, 6.07) is 9.99. The highest BCUT2D eigenvalue weighted by Gasteiger charge is 2.20. The van der Waals surface area contributed by atoms with E-state index < -0.39 is 5.97 Å². The predicted molar refractivity (Wildman–Crippen MR) is 71.4 cm³/mol. The van der Waals surface area contributed by atoms with Crippen molar-refractivity contribution in [3.05, 3.63) is 35.4 Å². The van der Waals surface area contributed by atoms with E-state index in [1.165, 1.54) is 0 Å². The predicted octanol–water partition coefficient (Wildman–Crippen LogP) is 2.05. The van der Waals surface area contributed by atoms with Gasteiger partial charge in [0.05, 0.1) is 18.4 Å². The van der Waals surface area contributed by atoms with E-state index in [1.807, 2.05) is 24.3 Å². The number of nitrogens with zero attached hydrogens (tertiary/aromatic N) is 2. The molecule has 0 spiro atoms. The maximum Gasteiger partial charge on any atom is 0.307 e. The van der Waals surface area contributed by atoms with Crippen molar-refractivity contribution < 1.29 is 9.90 Å². The van der Waals surface area contributed by atoms with Gasteiger partial charge in [-0.15, -0.1) is 0 Å². The quantitative estimate of drug-likeness (QED) is 0.897. The van der Waals surface area contributed by atoms with Crippen molar-refractivity contribution in [1.29, 1.82) is 5.26 Å². The third-order valence-corrected chi connectivity index (χ3v) is 3.54. The molecule has 0 aliphatic carbocycles. The molecule has 2 rings (SSSR count). The number of carboxylic acids is 1. The molecule has 1 fully saturated rings. The van der Waals surface area contributed by atoms with E-state index in [4.69, 9.17) is 10.4 Å². The Morgan fingerprint density at radius 2 is 2.16 bits per heavy atom. The number of piperidine rings is 1. The van der Waals surface area contributed by atoms with Crippen LogP contribution >= 0.6 is 0 Å². The molecule has 0 amide bonds. The molecule has 0 aromatic heterocycles. The number of carboxylic acid groups (broad SMARTS) is 1. The van der Waals surface area contributed by atoms with Gasteiger partial charge in [-0.2, -0.15) is 5.26 Å². The van der Waals surface area contributed by atoms with Gasteiger partial charge in [0.25, 0.3) is 0 Å². The fourth-order valence-electron chi connectivity index (χ4n) is 2.59. The Labute approximate surface area is 113 Å². The largest absolute Gasteiger partial charge is 0.481 e. The molecule has 1 N–H and O–H groups in total. The summed E-state index contributed by atoms with van der Waals surface area (Å²) in [6.07, 6.45) is 2.08. The highest BCUT2D eigenvalue weighted by Crippen LogP contribution is 2.19. The number of rotatable bonds is 4. The number of aliphatic carboxylic acids is 1. The lowest BCUT2D eigenvalue weighted by molar-refractivity contribution is -0.136. The highest BCUT2D eigenvalue weighted by molar-refractivity contribution is 5.70. The van der Waals surface area contributed by atoms with Crippen LogP contribution in [0.1, 0.15) is 24.0 Å². The van der Waals surface area contributed by atoms with Crippen LogP contribution in [0.25, 0.3) is 0 Å². The van der Waals surface area contributed by atoms with E-state index in [1.54, 1.807) is 0 Å². The molecule has 1 aliphatic rings. The van der Waals surface area contributed by atoms with E-state index in [-0.39, 0.29) is 12.3 Å². The van der Waals surface area contributed by atoms with Crippen LogP contribution in [0, 0.1) is 17.2 Å². The SMILES string of the molecule is N#CC1CCCN(Cc2ccccc2CC(=O)O)C1. The molecule has 0 radical (unpaired) electrons. The van der Waals surface area contributed by atoms with E-state index in [0.29, 0.717) is 0 Å². The minimum Gasteiger partial charge on any atom is -0.481 e. The van der Waals surface area contributed by atoms with Crippen LogP contribution < -0.4 is 0 Å². The smallest absolute Gasteiger partial charge is 0.307 e. The van der Waals surface area contributed by atoms with Gasteiger partial charge < -0.3 is 5.11 Å². The van der Waals surface area contributed by atoms with Crippen molar-refractivity contribution in [1.82, 2.24) is 4.90 Å². The molecule has 1 atom stereocenters. The topological polar surface area (TPSA) is 64.3 Å². The second-order valence-corrected chi connectivity index (χ2v) is 5.04. The third kappa shape index (κ3) is 3.80. The molecule has 4 heteroatoms. The Bertz CT molecular complexity index is 493. The van der Waals surface area contributed by atoms with Crippen LogP contribution in [0.5, 0.6) is 0 Å². The number of hydrogen-bond acceptors (Lipinski definition) is 3. The zero-order chi connectivity index (χ0) is 13.7. The molecule has 1 aromatic rings. The molecular formula is C15H18N2O2. The van der Waals surface area contributed by atoms with Gasteiger partial charge in [-0.05, 0) is 30.5 Å².